The van der Waals surface area contributed by atoms with Crippen LogP contribution in [0.25, 0.3) is 0 Å². The molecule has 3 heteroatoms. The highest BCUT2D eigenvalue weighted by Gasteiger charge is 2.21. The summed E-state index contributed by atoms with van der Waals surface area (Å²) in [4.78, 5) is 0. The molecule has 0 aliphatic heterocycles. The summed E-state index contributed by atoms with van der Waals surface area (Å²) >= 11 is 0. The summed E-state index contributed by atoms with van der Waals surface area (Å²) in [5.41, 5.74) is 10.8. The molecule has 0 aromatic heterocycles. The first-order valence-corrected chi connectivity index (χ1v) is 10.9. The average Bonchev–Trinajstić information content (AvgIpc) is 2.84. The van der Waals surface area contributed by atoms with Gasteiger partial charge in [-0.05, 0) is 59.9 Å². The van der Waals surface area contributed by atoms with Crippen molar-refractivity contribution in [1.29, 1.82) is 0 Å². The molecular weight excluding hydrogens is 394 g/mol. The Morgan fingerprint density at radius 1 is 0.562 bits per heavy atom. The van der Waals surface area contributed by atoms with Crippen LogP contribution in [0.4, 0.5) is 0 Å². The van der Waals surface area contributed by atoms with E-state index in [0.29, 0.717) is 13.2 Å². The molecule has 1 unspecified atom stereocenters. The van der Waals surface area contributed by atoms with E-state index in [4.69, 9.17) is 15.2 Å². The number of benzene rings is 4. The monoisotopic (exact) mass is 423 g/mol. The van der Waals surface area contributed by atoms with Crippen LogP contribution in [0.2, 0.25) is 0 Å². The molecule has 0 amide bonds. The van der Waals surface area contributed by atoms with Crippen molar-refractivity contribution in [3.05, 3.63) is 131 Å². The van der Waals surface area contributed by atoms with Gasteiger partial charge in [0.25, 0.3) is 0 Å². The van der Waals surface area contributed by atoms with Crippen molar-refractivity contribution in [1.82, 2.24) is 0 Å². The molecule has 0 radical (unpaired) electrons. The zero-order chi connectivity index (χ0) is 22.2. The Hall–Kier alpha value is -3.56. The minimum absolute atomic E-state index is 0.482. The lowest BCUT2D eigenvalue weighted by Crippen LogP contribution is -2.35. The predicted molar refractivity (Wildman–Crippen MR) is 130 cm³/mol. The highest BCUT2D eigenvalue weighted by Crippen LogP contribution is 2.26. The Morgan fingerprint density at radius 3 is 1.47 bits per heavy atom. The van der Waals surface area contributed by atoms with Crippen molar-refractivity contribution < 1.29 is 9.47 Å². The molecule has 0 spiro atoms. The van der Waals surface area contributed by atoms with Crippen LogP contribution in [-0.4, -0.2) is 0 Å². The third-order valence-corrected chi connectivity index (χ3v) is 5.51. The number of hydrogen-bond acceptors (Lipinski definition) is 3. The van der Waals surface area contributed by atoms with Crippen LogP contribution in [0.5, 0.6) is 11.5 Å². The van der Waals surface area contributed by atoms with Crippen molar-refractivity contribution in [3.8, 4) is 11.5 Å². The first kappa shape index (κ1) is 21.7. The van der Waals surface area contributed by atoms with E-state index in [0.717, 1.165) is 34.6 Å². The van der Waals surface area contributed by atoms with Gasteiger partial charge in [0, 0.05) is 5.54 Å². The molecule has 0 aliphatic rings. The quantitative estimate of drug-likeness (QED) is 0.345. The van der Waals surface area contributed by atoms with Crippen molar-refractivity contribution >= 4 is 0 Å². The Bertz CT molecular complexity index is 1090. The molecular formula is C29H29NO2. The minimum Gasteiger partial charge on any atom is -0.489 e. The summed E-state index contributed by atoms with van der Waals surface area (Å²) in [6.45, 7) is 3.18. The Balaban J connectivity index is 1.32. The molecule has 1 atom stereocenters. The van der Waals surface area contributed by atoms with Gasteiger partial charge in [-0.1, -0.05) is 84.9 Å². The van der Waals surface area contributed by atoms with Crippen molar-refractivity contribution in [2.24, 2.45) is 5.73 Å². The molecule has 4 rings (SSSR count). The Kier molecular flexibility index (Phi) is 6.88. The van der Waals surface area contributed by atoms with E-state index in [1.807, 2.05) is 60.7 Å². The van der Waals surface area contributed by atoms with Crippen LogP contribution < -0.4 is 15.2 Å². The molecule has 0 fully saturated rings. The normalized spacial score (nSPS) is 12.7. The van der Waals surface area contributed by atoms with E-state index in [2.05, 4.69) is 55.5 Å². The predicted octanol–water partition coefficient (Wildman–Crippen LogP) is 6.26. The van der Waals surface area contributed by atoms with E-state index in [1.165, 1.54) is 5.56 Å². The van der Waals surface area contributed by atoms with Gasteiger partial charge in [-0.3, -0.25) is 0 Å². The lowest BCUT2D eigenvalue weighted by molar-refractivity contribution is 0.305. The first-order chi connectivity index (χ1) is 15.6. The van der Waals surface area contributed by atoms with Gasteiger partial charge in [0.1, 0.15) is 24.7 Å². The fraction of sp³-hybridized carbons (Fsp3) is 0.172. The summed E-state index contributed by atoms with van der Waals surface area (Å²) in [5, 5.41) is 0. The van der Waals surface area contributed by atoms with Crippen LogP contribution in [-0.2, 0) is 25.2 Å². The molecule has 0 saturated heterocycles. The molecule has 162 valence electrons. The van der Waals surface area contributed by atoms with Crippen LogP contribution in [0.15, 0.2) is 109 Å². The summed E-state index contributed by atoms with van der Waals surface area (Å²) in [6.07, 6.45) is 0.732. The zero-order valence-corrected chi connectivity index (χ0v) is 18.4. The highest BCUT2D eigenvalue weighted by atomic mass is 16.5. The topological polar surface area (TPSA) is 44.5 Å². The number of rotatable bonds is 9. The molecule has 0 aliphatic carbocycles. The number of ether oxygens (including phenoxy) is 2. The van der Waals surface area contributed by atoms with Gasteiger partial charge in [0.2, 0.25) is 0 Å². The summed E-state index contributed by atoms with van der Waals surface area (Å²) in [5.74, 6) is 1.70. The lowest BCUT2D eigenvalue weighted by atomic mass is 9.86. The van der Waals surface area contributed by atoms with Gasteiger partial charge in [-0.25, -0.2) is 0 Å². The molecule has 32 heavy (non-hydrogen) atoms. The van der Waals surface area contributed by atoms with Crippen molar-refractivity contribution in [2.75, 3.05) is 0 Å². The van der Waals surface area contributed by atoms with Gasteiger partial charge in [0.15, 0.2) is 0 Å². The third kappa shape index (κ3) is 5.99. The van der Waals surface area contributed by atoms with Crippen LogP contribution in [0.1, 0.15) is 29.2 Å². The van der Waals surface area contributed by atoms with E-state index in [9.17, 15) is 0 Å². The molecule has 0 saturated carbocycles. The summed E-state index contributed by atoms with van der Waals surface area (Å²) in [7, 11) is 0. The van der Waals surface area contributed by atoms with Gasteiger partial charge in [-0.2, -0.15) is 0 Å². The Labute approximate surface area is 190 Å². The lowest BCUT2D eigenvalue weighted by Gasteiger charge is -2.26. The van der Waals surface area contributed by atoms with E-state index >= 15 is 0 Å². The summed E-state index contributed by atoms with van der Waals surface area (Å²) < 4.78 is 11.8. The maximum Gasteiger partial charge on any atom is 0.119 e. The van der Waals surface area contributed by atoms with Gasteiger partial charge in [-0.15, -0.1) is 0 Å². The molecule has 4 aromatic carbocycles. The van der Waals surface area contributed by atoms with Crippen LogP contribution in [0, 0.1) is 0 Å². The first-order valence-electron chi connectivity index (χ1n) is 10.9. The highest BCUT2D eigenvalue weighted by molar-refractivity contribution is 5.35. The zero-order valence-electron chi connectivity index (χ0n) is 18.4. The minimum atomic E-state index is -0.482. The standard InChI is InChI=1S/C29H29NO2/c1-29(30,26-14-18-28(19-15-26)32-22-25-10-6-3-7-11-25)20-23-12-16-27(17-13-23)31-21-24-8-4-2-5-9-24/h2-19H,20-22,30H2,1H3. The van der Waals surface area contributed by atoms with E-state index < -0.39 is 5.54 Å². The smallest absolute Gasteiger partial charge is 0.119 e. The average molecular weight is 424 g/mol. The molecule has 3 nitrogen and oxygen atoms in total. The molecule has 2 N–H and O–H groups in total. The fourth-order valence-corrected chi connectivity index (χ4v) is 3.64. The molecule has 0 bridgehead atoms. The fourth-order valence-electron chi connectivity index (χ4n) is 3.64. The summed E-state index contributed by atoms with van der Waals surface area (Å²) in [6, 6.07) is 36.6. The van der Waals surface area contributed by atoms with Gasteiger partial charge in [0.05, 0.1) is 0 Å². The van der Waals surface area contributed by atoms with E-state index in [-0.39, 0.29) is 0 Å². The second-order valence-electron chi connectivity index (χ2n) is 8.31. The largest absolute Gasteiger partial charge is 0.489 e. The Morgan fingerprint density at radius 2 is 1.00 bits per heavy atom. The van der Waals surface area contributed by atoms with Gasteiger partial charge < -0.3 is 15.2 Å². The maximum absolute atomic E-state index is 6.69. The second kappa shape index (κ2) is 10.2. The van der Waals surface area contributed by atoms with Crippen molar-refractivity contribution in [2.45, 2.75) is 32.1 Å². The van der Waals surface area contributed by atoms with Crippen LogP contribution >= 0.6 is 0 Å². The molecule has 4 aromatic rings. The maximum atomic E-state index is 6.69. The second-order valence-corrected chi connectivity index (χ2v) is 8.31. The number of hydrogen-bond donors (Lipinski definition) is 1. The number of nitrogens with two attached hydrogens (primary N) is 1. The molecule has 0 heterocycles. The van der Waals surface area contributed by atoms with Gasteiger partial charge >= 0.3 is 0 Å². The third-order valence-electron chi connectivity index (χ3n) is 5.51. The SMILES string of the molecule is CC(N)(Cc1ccc(OCc2ccccc2)cc1)c1ccc(OCc2ccccc2)cc1. The van der Waals surface area contributed by atoms with Crippen LogP contribution in [0.3, 0.4) is 0 Å². The van der Waals surface area contributed by atoms with Crippen molar-refractivity contribution in [3.63, 3.8) is 0 Å². The van der Waals surface area contributed by atoms with E-state index in [1.54, 1.807) is 0 Å².